The van der Waals surface area contributed by atoms with Crippen LogP contribution in [-0.4, -0.2) is 33.0 Å². The molecule has 0 saturated heterocycles. The molecule has 4 aromatic carbocycles. The standard InChI is InChI=1S/C35H26BN5O.Pt/c1-23-9-8-10-24(2)34(23)36-39(3)30-17-15-25(21-29(30)35-38-19-20-40(35)36)42-26-14-16-28-27-11-4-5-12-31(27)41(32(28)22-26)33-13-6-7-18-37-33;/h4-20H,1-3H3;/q-2;+2. The molecule has 0 fully saturated rings. The third-order valence-electron chi connectivity index (χ3n) is 8.25. The maximum Gasteiger partial charge on any atom is 2.00 e. The van der Waals surface area contributed by atoms with Gasteiger partial charge in [-0.05, 0) is 49.9 Å². The first-order chi connectivity index (χ1) is 20.6. The maximum atomic E-state index is 6.42. The van der Waals surface area contributed by atoms with E-state index in [1.165, 1.54) is 16.6 Å². The smallest absolute Gasteiger partial charge is 0.503 e. The van der Waals surface area contributed by atoms with Crippen molar-refractivity contribution in [1.82, 2.24) is 19.0 Å². The summed E-state index contributed by atoms with van der Waals surface area (Å²) in [4.78, 5) is 11.7. The summed E-state index contributed by atoms with van der Waals surface area (Å²) in [6, 6.07) is 35.9. The van der Waals surface area contributed by atoms with Crippen molar-refractivity contribution in [2.45, 2.75) is 13.8 Å². The number of hydrogen-bond donors (Lipinski definition) is 0. The number of ether oxygens (including phenoxy) is 1. The fourth-order valence-electron chi connectivity index (χ4n) is 6.36. The van der Waals surface area contributed by atoms with Crippen molar-refractivity contribution in [3.63, 3.8) is 0 Å². The second-order valence-electron chi connectivity index (χ2n) is 10.8. The molecule has 0 N–H and O–H groups in total. The largest absolute Gasteiger partial charge is 2.00 e. The molecule has 7 aromatic rings. The first-order valence-electron chi connectivity index (χ1n) is 14.0. The molecule has 0 aliphatic carbocycles. The van der Waals surface area contributed by atoms with Crippen LogP contribution in [0.15, 0.2) is 104 Å². The third-order valence-corrected chi connectivity index (χ3v) is 8.25. The van der Waals surface area contributed by atoms with E-state index in [2.05, 4.69) is 100 Å². The van der Waals surface area contributed by atoms with Crippen LogP contribution in [0.4, 0.5) is 5.69 Å². The van der Waals surface area contributed by atoms with Crippen molar-refractivity contribution >= 4 is 39.9 Å². The number of pyridine rings is 1. The van der Waals surface area contributed by atoms with Crippen LogP contribution in [0.1, 0.15) is 11.1 Å². The van der Waals surface area contributed by atoms with Crippen LogP contribution in [-0.2, 0) is 21.1 Å². The molecule has 0 atom stereocenters. The van der Waals surface area contributed by atoms with E-state index in [-0.39, 0.29) is 28.0 Å². The Balaban J connectivity index is 0.00000300. The van der Waals surface area contributed by atoms with Gasteiger partial charge in [0, 0.05) is 41.4 Å². The Bertz CT molecular complexity index is 2120. The van der Waals surface area contributed by atoms with Gasteiger partial charge in [0.15, 0.2) is 0 Å². The predicted molar refractivity (Wildman–Crippen MR) is 169 cm³/mol. The molecule has 4 heterocycles. The summed E-state index contributed by atoms with van der Waals surface area (Å²) in [7, 11) is 2.13. The molecular weight excluding hydrogens is 712 g/mol. The summed E-state index contributed by atoms with van der Waals surface area (Å²) in [6.45, 7) is 4.35. The summed E-state index contributed by atoms with van der Waals surface area (Å²) < 4.78 is 10.8. The maximum absolute atomic E-state index is 6.42. The van der Waals surface area contributed by atoms with E-state index in [1.54, 1.807) is 0 Å². The Morgan fingerprint density at radius 1 is 0.744 bits per heavy atom. The second kappa shape index (κ2) is 10.6. The molecule has 43 heavy (non-hydrogen) atoms. The predicted octanol–water partition coefficient (Wildman–Crippen LogP) is 6.74. The minimum absolute atomic E-state index is 0. The van der Waals surface area contributed by atoms with Crippen molar-refractivity contribution < 1.29 is 25.8 Å². The van der Waals surface area contributed by atoms with Gasteiger partial charge in [0.25, 0.3) is 0 Å². The van der Waals surface area contributed by atoms with Crippen molar-refractivity contribution in [1.29, 1.82) is 0 Å². The van der Waals surface area contributed by atoms with E-state index in [1.807, 2.05) is 55.0 Å². The van der Waals surface area contributed by atoms with Crippen LogP contribution in [0, 0.1) is 26.0 Å². The average molecular weight is 739 g/mol. The number of anilines is 1. The van der Waals surface area contributed by atoms with Crippen molar-refractivity contribution in [2.75, 3.05) is 11.9 Å². The van der Waals surface area contributed by atoms with E-state index in [0.717, 1.165) is 44.7 Å². The molecule has 0 radical (unpaired) electrons. The van der Waals surface area contributed by atoms with Crippen LogP contribution < -0.4 is 15.0 Å². The van der Waals surface area contributed by atoms with Crippen LogP contribution >= 0.6 is 0 Å². The van der Waals surface area contributed by atoms with Gasteiger partial charge in [-0.1, -0.05) is 82.5 Å². The van der Waals surface area contributed by atoms with Crippen molar-refractivity contribution in [3.8, 4) is 28.7 Å². The summed E-state index contributed by atoms with van der Waals surface area (Å²) >= 11 is 0. The van der Waals surface area contributed by atoms with E-state index in [4.69, 9.17) is 9.72 Å². The Morgan fingerprint density at radius 2 is 1.51 bits per heavy atom. The van der Waals surface area contributed by atoms with Gasteiger partial charge >= 0.3 is 28.0 Å². The molecule has 0 unspecified atom stereocenters. The van der Waals surface area contributed by atoms with E-state index in [9.17, 15) is 0 Å². The van der Waals surface area contributed by atoms with Crippen LogP contribution in [0.25, 0.3) is 39.0 Å². The first kappa shape index (κ1) is 27.2. The van der Waals surface area contributed by atoms with Gasteiger partial charge in [0.1, 0.15) is 5.82 Å². The molecule has 210 valence electrons. The summed E-state index contributed by atoms with van der Waals surface area (Å²) in [6.07, 6.45) is 5.72. The number of imidazole rings is 1. The molecule has 3 aromatic heterocycles. The monoisotopic (exact) mass is 738 g/mol. The molecule has 0 amide bonds. The molecule has 6 nitrogen and oxygen atoms in total. The Labute approximate surface area is 265 Å². The number of aromatic nitrogens is 4. The van der Waals surface area contributed by atoms with E-state index < -0.39 is 0 Å². The van der Waals surface area contributed by atoms with Gasteiger partial charge < -0.3 is 18.6 Å². The van der Waals surface area contributed by atoms with Crippen LogP contribution in [0.3, 0.4) is 0 Å². The SMILES string of the molecule is Cc1cccc(C)c1B1N(C)c2ccc(Oc3[c-]c4c(cc3)c3ccccc3n4-c3ccccn3)[c-]c2-c2nccn21.[Pt+2]. The molecular formula is C35H26BN5OPt. The van der Waals surface area contributed by atoms with Crippen molar-refractivity contribution in [2.24, 2.45) is 0 Å². The fraction of sp³-hybridized carbons (Fsp3) is 0.0857. The summed E-state index contributed by atoms with van der Waals surface area (Å²) in [5.74, 6) is 2.93. The van der Waals surface area contributed by atoms with Gasteiger partial charge in [0.2, 0.25) is 0 Å². The molecule has 8 heteroatoms. The second-order valence-corrected chi connectivity index (χ2v) is 10.8. The number of rotatable bonds is 4. The van der Waals surface area contributed by atoms with Crippen LogP contribution in [0.5, 0.6) is 11.5 Å². The van der Waals surface area contributed by atoms with Crippen molar-refractivity contribution in [3.05, 3.63) is 127 Å². The van der Waals surface area contributed by atoms with E-state index >= 15 is 0 Å². The quantitative estimate of drug-likeness (QED) is 0.148. The summed E-state index contributed by atoms with van der Waals surface area (Å²) in [5, 5.41) is 2.24. The zero-order valence-electron chi connectivity index (χ0n) is 23.9. The number of fused-ring (bicyclic) bond motifs is 6. The zero-order chi connectivity index (χ0) is 28.4. The Hall–Kier alpha value is -4.61. The molecule has 0 spiro atoms. The van der Waals surface area contributed by atoms with Gasteiger partial charge in [0.05, 0.1) is 0 Å². The number of hydrogen-bond acceptors (Lipinski definition) is 4. The number of benzene rings is 4. The van der Waals surface area contributed by atoms with Gasteiger partial charge in [-0.15, -0.1) is 23.6 Å². The minimum atomic E-state index is 0. The average Bonchev–Trinajstić information content (AvgIpc) is 3.62. The number of aryl methyl sites for hydroxylation is 2. The molecule has 1 aliphatic heterocycles. The molecule has 0 bridgehead atoms. The minimum Gasteiger partial charge on any atom is -0.503 e. The number of nitrogens with zero attached hydrogens (tertiary/aromatic N) is 5. The molecule has 0 saturated carbocycles. The zero-order valence-corrected chi connectivity index (χ0v) is 26.1. The topological polar surface area (TPSA) is 48.1 Å². The summed E-state index contributed by atoms with van der Waals surface area (Å²) in [5.41, 5.74) is 7.76. The van der Waals surface area contributed by atoms with Crippen LogP contribution in [0.2, 0.25) is 0 Å². The normalized spacial score (nSPS) is 12.3. The first-order valence-corrected chi connectivity index (χ1v) is 14.0. The molecule has 1 aliphatic rings. The fourth-order valence-corrected chi connectivity index (χ4v) is 6.36. The Morgan fingerprint density at radius 3 is 2.33 bits per heavy atom. The molecule has 8 rings (SSSR count). The van der Waals surface area contributed by atoms with E-state index in [0.29, 0.717) is 11.5 Å². The number of para-hydroxylation sites is 1. The van der Waals surface area contributed by atoms with Gasteiger partial charge in [-0.3, -0.25) is 4.98 Å². The van der Waals surface area contributed by atoms with Gasteiger partial charge in [-0.25, -0.2) is 4.98 Å². The van der Waals surface area contributed by atoms with Gasteiger partial charge in [-0.2, -0.15) is 6.07 Å². The Kier molecular flexibility index (Phi) is 6.71. The third kappa shape index (κ3) is 4.30.